The second-order valence-electron chi connectivity index (χ2n) is 5.86. The first kappa shape index (κ1) is 15.0. The van der Waals surface area contributed by atoms with Gasteiger partial charge in [-0.15, -0.1) is 0 Å². The molecule has 0 spiro atoms. The molecule has 0 N–H and O–H groups in total. The van der Waals surface area contributed by atoms with Gasteiger partial charge in [-0.3, -0.25) is 4.79 Å². The maximum absolute atomic E-state index is 12.5. The van der Waals surface area contributed by atoms with Crippen molar-refractivity contribution >= 4 is 27.5 Å². The van der Waals surface area contributed by atoms with Gasteiger partial charge in [0.15, 0.2) is 16.3 Å². The Balaban J connectivity index is 1.80. The second kappa shape index (κ2) is 5.49. The van der Waals surface area contributed by atoms with Gasteiger partial charge in [-0.2, -0.15) is 4.99 Å². The van der Waals surface area contributed by atoms with Crippen molar-refractivity contribution in [2.45, 2.75) is 13.8 Å². The first-order valence-corrected chi connectivity index (χ1v) is 8.40. The minimum atomic E-state index is -0.287. The molecule has 24 heavy (non-hydrogen) atoms. The molecule has 0 atom stereocenters. The van der Waals surface area contributed by atoms with E-state index < -0.39 is 0 Å². The number of aryl methyl sites for hydroxylation is 3. The quantitative estimate of drug-likeness (QED) is 0.683. The van der Waals surface area contributed by atoms with E-state index in [0.29, 0.717) is 21.9 Å². The van der Waals surface area contributed by atoms with Gasteiger partial charge in [-0.05, 0) is 49.2 Å². The average molecular weight is 340 g/mol. The van der Waals surface area contributed by atoms with E-state index in [0.717, 1.165) is 10.2 Å². The summed E-state index contributed by atoms with van der Waals surface area (Å²) < 4.78 is 13.7. The van der Waals surface area contributed by atoms with Crippen LogP contribution in [0.3, 0.4) is 0 Å². The number of amides is 1. The summed E-state index contributed by atoms with van der Waals surface area (Å²) >= 11 is 1.52. The van der Waals surface area contributed by atoms with Gasteiger partial charge in [0.1, 0.15) is 0 Å². The number of fused-ring (bicyclic) bond motifs is 2. The number of thiazole rings is 1. The minimum absolute atomic E-state index is 0.189. The molecule has 2 heterocycles. The minimum Gasteiger partial charge on any atom is -0.454 e. The molecule has 1 amide bonds. The standard InChI is InChI=1S/C18H16N2O3S/c1-10-6-11(2)16-15(7-10)24-18(20(16)3)19-17(21)12-4-5-13-14(8-12)23-9-22-13/h4-8H,9H2,1-3H3. The molecular weight excluding hydrogens is 324 g/mol. The first-order chi connectivity index (χ1) is 11.5. The highest BCUT2D eigenvalue weighted by molar-refractivity contribution is 7.16. The van der Waals surface area contributed by atoms with Crippen molar-refractivity contribution in [2.24, 2.45) is 12.0 Å². The third-order valence-corrected chi connectivity index (χ3v) is 5.13. The van der Waals surface area contributed by atoms with Crippen LogP contribution >= 0.6 is 11.3 Å². The molecule has 0 saturated heterocycles. The fraction of sp³-hybridized carbons (Fsp3) is 0.222. The van der Waals surface area contributed by atoms with Gasteiger partial charge in [0, 0.05) is 12.6 Å². The molecule has 1 aliphatic rings. The highest BCUT2D eigenvalue weighted by Crippen LogP contribution is 2.32. The monoisotopic (exact) mass is 340 g/mol. The smallest absolute Gasteiger partial charge is 0.279 e. The van der Waals surface area contributed by atoms with Gasteiger partial charge in [-0.25, -0.2) is 0 Å². The van der Waals surface area contributed by atoms with Crippen molar-refractivity contribution < 1.29 is 14.3 Å². The zero-order chi connectivity index (χ0) is 16.8. The van der Waals surface area contributed by atoms with Crippen LogP contribution in [-0.4, -0.2) is 17.3 Å². The predicted octanol–water partition coefficient (Wildman–Crippen LogP) is 3.33. The molecule has 122 valence electrons. The average Bonchev–Trinajstić information content (AvgIpc) is 3.11. The van der Waals surface area contributed by atoms with Crippen LogP contribution in [0.2, 0.25) is 0 Å². The van der Waals surface area contributed by atoms with Crippen LogP contribution in [0, 0.1) is 13.8 Å². The molecule has 1 aliphatic heterocycles. The van der Waals surface area contributed by atoms with Crippen molar-refractivity contribution in [3.8, 4) is 11.5 Å². The molecule has 1 aromatic heterocycles. The van der Waals surface area contributed by atoms with Crippen LogP contribution < -0.4 is 14.3 Å². The summed E-state index contributed by atoms with van der Waals surface area (Å²) in [6.45, 7) is 4.33. The number of rotatable bonds is 1. The molecule has 0 bridgehead atoms. The van der Waals surface area contributed by atoms with Crippen LogP contribution in [0.25, 0.3) is 10.2 Å². The number of hydrogen-bond donors (Lipinski definition) is 0. The van der Waals surface area contributed by atoms with Gasteiger partial charge in [0.2, 0.25) is 6.79 Å². The summed E-state index contributed by atoms with van der Waals surface area (Å²) in [5.74, 6) is 0.957. The van der Waals surface area contributed by atoms with E-state index >= 15 is 0 Å². The Bertz CT molecular complexity index is 1050. The molecule has 0 radical (unpaired) electrons. The van der Waals surface area contributed by atoms with Crippen LogP contribution in [0.5, 0.6) is 11.5 Å². The van der Waals surface area contributed by atoms with Crippen LogP contribution in [-0.2, 0) is 7.05 Å². The highest BCUT2D eigenvalue weighted by atomic mass is 32.1. The first-order valence-electron chi connectivity index (χ1n) is 7.58. The number of ether oxygens (including phenoxy) is 2. The highest BCUT2D eigenvalue weighted by Gasteiger charge is 2.16. The molecule has 0 fully saturated rings. The van der Waals surface area contributed by atoms with Crippen LogP contribution in [0.4, 0.5) is 0 Å². The summed E-state index contributed by atoms with van der Waals surface area (Å²) in [5.41, 5.74) is 3.99. The molecular formula is C18H16N2O3S. The van der Waals surface area contributed by atoms with E-state index in [1.807, 2.05) is 11.6 Å². The van der Waals surface area contributed by atoms with Crippen LogP contribution in [0.1, 0.15) is 21.5 Å². The van der Waals surface area contributed by atoms with E-state index in [1.165, 1.54) is 22.5 Å². The van der Waals surface area contributed by atoms with E-state index in [9.17, 15) is 4.79 Å². The molecule has 0 aliphatic carbocycles. The molecule has 5 nitrogen and oxygen atoms in total. The number of aromatic nitrogens is 1. The fourth-order valence-corrected chi connectivity index (χ4v) is 4.16. The Kier molecular flexibility index (Phi) is 3.42. The maximum Gasteiger partial charge on any atom is 0.279 e. The Labute approximate surface area is 142 Å². The third kappa shape index (κ3) is 2.39. The largest absolute Gasteiger partial charge is 0.454 e. The number of nitrogens with zero attached hydrogens (tertiary/aromatic N) is 2. The zero-order valence-electron chi connectivity index (χ0n) is 13.6. The molecule has 0 saturated carbocycles. The zero-order valence-corrected chi connectivity index (χ0v) is 14.4. The Hall–Kier alpha value is -2.60. The van der Waals surface area contributed by atoms with Crippen molar-refractivity contribution in [3.05, 3.63) is 51.8 Å². The Morgan fingerprint density at radius 2 is 1.96 bits per heavy atom. The van der Waals surface area contributed by atoms with Crippen LogP contribution in [0.15, 0.2) is 35.3 Å². The van der Waals surface area contributed by atoms with Gasteiger partial charge >= 0.3 is 0 Å². The number of carbonyl (C=O) groups excluding carboxylic acids is 1. The van der Waals surface area contributed by atoms with Gasteiger partial charge < -0.3 is 14.0 Å². The fourth-order valence-electron chi connectivity index (χ4n) is 2.97. The Morgan fingerprint density at radius 1 is 1.17 bits per heavy atom. The lowest BCUT2D eigenvalue weighted by atomic mass is 10.1. The number of hydrogen-bond acceptors (Lipinski definition) is 4. The molecule has 0 unspecified atom stereocenters. The van der Waals surface area contributed by atoms with Crippen molar-refractivity contribution in [2.75, 3.05) is 6.79 Å². The van der Waals surface area contributed by atoms with Gasteiger partial charge in [-0.1, -0.05) is 17.4 Å². The summed E-state index contributed by atoms with van der Waals surface area (Å²) in [7, 11) is 1.94. The molecule has 2 aromatic carbocycles. The summed E-state index contributed by atoms with van der Waals surface area (Å²) in [6.07, 6.45) is 0. The third-order valence-electron chi connectivity index (χ3n) is 4.05. The summed E-state index contributed by atoms with van der Waals surface area (Å²) in [4.78, 5) is 17.5. The SMILES string of the molecule is Cc1cc(C)c2c(c1)sc(=NC(=O)c1ccc3c(c1)OCO3)n2C. The molecule has 6 heteroatoms. The van der Waals surface area contributed by atoms with Crippen molar-refractivity contribution in [3.63, 3.8) is 0 Å². The maximum atomic E-state index is 12.5. The van der Waals surface area contributed by atoms with Crippen molar-refractivity contribution in [1.29, 1.82) is 0 Å². The number of carbonyl (C=O) groups is 1. The van der Waals surface area contributed by atoms with Gasteiger partial charge in [0.25, 0.3) is 5.91 Å². The molecule has 3 aromatic rings. The lowest BCUT2D eigenvalue weighted by molar-refractivity contribution is 0.0997. The normalized spacial score (nSPS) is 13.7. The van der Waals surface area contributed by atoms with E-state index in [1.54, 1.807) is 18.2 Å². The van der Waals surface area contributed by atoms with E-state index in [4.69, 9.17) is 9.47 Å². The summed E-state index contributed by atoms with van der Waals surface area (Å²) in [5, 5.41) is 0. The second-order valence-corrected chi connectivity index (χ2v) is 6.87. The lowest BCUT2D eigenvalue weighted by Crippen LogP contribution is -2.13. The summed E-state index contributed by atoms with van der Waals surface area (Å²) in [6, 6.07) is 9.39. The Morgan fingerprint density at radius 3 is 2.79 bits per heavy atom. The van der Waals surface area contributed by atoms with E-state index in [-0.39, 0.29) is 12.7 Å². The number of benzene rings is 2. The van der Waals surface area contributed by atoms with Crippen molar-refractivity contribution in [1.82, 2.24) is 4.57 Å². The molecule has 4 rings (SSSR count). The van der Waals surface area contributed by atoms with Gasteiger partial charge in [0.05, 0.1) is 10.2 Å². The topological polar surface area (TPSA) is 52.8 Å². The van der Waals surface area contributed by atoms with E-state index in [2.05, 4.69) is 31.0 Å². The lowest BCUT2D eigenvalue weighted by Gasteiger charge is -2.01. The predicted molar refractivity (Wildman–Crippen MR) is 92.7 cm³/mol.